The van der Waals surface area contributed by atoms with Crippen molar-refractivity contribution in [2.45, 2.75) is 13.2 Å². The lowest BCUT2D eigenvalue weighted by molar-refractivity contribution is 0.282. The summed E-state index contributed by atoms with van der Waals surface area (Å²) >= 11 is 0. The molecule has 33 heavy (non-hydrogen) atoms. The van der Waals surface area contributed by atoms with Gasteiger partial charge in [-0.15, -0.1) is 0 Å². The van der Waals surface area contributed by atoms with Crippen LogP contribution in [0.25, 0.3) is 22.3 Å². The zero-order valence-corrected chi connectivity index (χ0v) is 17.8. The van der Waals surface area contributed by atoms with Crippen molar-refractivity contribution < 1.29 is 27.8 Å². The van der Waals surface area contributed by atoms with Crippen LogP contribution < -0.4 is 9.47 Å². The highest BCUT2D eigenvalue weighted by molar-refractivity contribution is 5.72. The molecule has 3 nitrogen and oxygen atoms in total. The molecule has 0 saturated carbocycles. The molecule has 1 N–H and O–H groups in total. The van der Waals surface area contributed by atoms with E-state index in [-0.39, 0.29) is 30.1 Å². The predicted octanol–water partition coefficient (Wildman–Crippen LogP) is 6.52. The number of ether oxygens (including phenoxy) is 2. The van der Waals surface area contributed by atoms with E-state index in [9.17, 15) is 13.2 Å². The van der Waals surface area contributed by atoms with Crippen LogP contribution in [0.3, 0.4) is 0 Å². The summed E-state index contributed by atoms with van der Waals surface area (Å²) in [5, 5.41) is 9.14. The first-order valence-corrected chi connectivity index (χ1v) is 10.2. The second-order valence-electron chi connectivity index (χ2n) is 7.43. The van der Waals surface area contributed by atoms with Gasteiger partial charge in [0.2, 0.25) is 0 Å². The Balaban J connectivity index is 1.51. The van der Waals surface area contributed by atoms with E-state index in [1.165, 1.54) is 31.4 Å². The van der Waals surface area contributed by atoms with Gasteiger partial charge in [-0.05, 0) is 34.4 Å². The first kappa shape index (κ1) is 22.4. The van der Waals surface area contributed by atoms with Gasteiger partial charge in [0.1, 0.15) is 12.4 Å². The molecule has 0 unspecified atom stereocenters. The number of aliphatic hydroxyl groups excluding tert-OH is 1. The quantitative estimate of drug-likeness (QED) is 0.349. The van der Waals surface area contributed by atoms with Gasteiger partial charge in [0.15, 0.2) is 23.2 Å². The Morgan fingerprint density at radius 1 is 0.697 bits per heavy atom. The van der Waals surface area contributed by atoms with Crippen molar-refractivity contribution in [3.05, 3.63) is 107 Å². The minimum Gasteiger partial charge on any atom is -0.497 e. The fourth-order valence-corrected chi connectivity index (χ4v) is 3.45. The van der Waals surface area contributed by atoms with Gasteiger partial charge in [-0.3, -0.25) is 0 Å². The third-order valence-corrected chi connectivity index (χ3v) is 5.33. The second kappa shape index (κ2) is 9.79. The maximum atomic E-state index is 14.9. The molecule has 0 aromatic heterocycles. The average Bonchev–Trinajstić information content (AvgIpc) is 2.85. The van der Waals surface area contributed by atoms with Crippen molar-refractivity contribution in [3.63, 3.8) is 0 Å². The summed E-state index contributed by atoms with van der Waals surface area (Å²) in [6.07, 6.45) is 0. The molecular weight excluding hydrogens is 429 g/mol. The largest absolute Gasteiger partial charge is 0.497 e. The van der Waals surface area contributed by atoms with Crippen LogP contribution in [-0.2, 0) is 13.2 Å². The van der Waals surface area contributed by atoms with Gasteiger partial charge in [0.05, 0.1) is 13.7 Å². The van der Waals surface area contributed by atoms with Crippen LogP contribution in [-0.4, -0.2) is 12.2 Å². The van der Waals surface area contributed by atoms with Gasteiger partial charge >= 0.3 is 0 Å². The minimum atomic E-state index is -0.942. The molecule has 168 valence electrons. The molecule has 0 spiro atoms. The SMILES string of the molecule is COc1ccc(OCc2ccc(-c3ccc(-c4ccc(CO)cc4)c(F)c3F)cc2)c(F)c1. The summed E-state index contributed by atoms with van der Waals surface area (Å²) < 4.78 is 54.2. The summed E-state index contributed by atoms with van der Waals surface area (Å²) in [6, 6.07) is 20.8. The van der Waals surface area contributed by atoms with Gasteiger partial charge < -0.3 is 14.6 Å². The number of rotatable bonds is 7. The highest BCUT2D eigenvalue weighted by Gasteiger charge is 2.16. The molecular formula is C27H21F3O3. The molecule has 4 aromatic rings. The molecule has 0 aliphatic carbocycles. The first-order valence-electron chi connectivity index (χ1n) is 10.2. The Kier molecular flexibility index (Phi) is 6.66. The molecule has 0 heterocycles. The highest BCUT2D eigenvalue weighted by Crippen LogP contribution is 2.32. The van der Waals surface area contributed by atoms with Crippen LogP contribution in [0, 0.1) is 17.5 Å². The van der Waals surface area contributed by atoms with Gasteiger partial charge in [-0.25, -0.2) is 13.2 Å². The van der Waals surface area contributed by atoms with Crippen molar-refractivity contribution in [3.8, 4) is 33.8 Å². The standard InChI is InChI=1S/C27H21F3O3/c1-32-21-10-13-25(24(28)14-21)33-16-18-4-8-20(9-5-18)23-12-11-22(26(29)27(23)30)19-6-2-17(15-31)3-7-19/h2-14,31H,15-16H2,1H3. The van der Waals surface area contributed by atoms with Crippen LogP contribution in [0.15, 0.2) is 78.9 Å². The molecule has 4 aromatic carbocycles. The predicted molar refractivity (Wildman–Crippen MR) is 120 cm³/mol. The monoisotopic (exact) mass is 450 g/mol. The lowest BCUT2D eigenvalue weighted by Gasteiger charge is -2.11. The molecule has 0 saturated heterocycles. The molecule has 0 amide bonds. The molecule has 0 radical (unpaired) electrons. The van der Waals surface area contributed by atoms with Crippen LogP contribution in [0.4, 0.5) is 13.2 Å². The number of hydrogen-bond donors (Lipinski definition) is 1. The average molecular weight is 450 g/mol. The summed E-state index contributed by atoms with van der Waals surface area (Å²) in [4.78, 5) is 0. The highest BCUT2D eigenvalue weighted by atomic mass is 19.2. The van der Waals surface area contributed by atoms with Crippen molar-refractivity contribution in [1.82, 2.24) is 0 Å². The third kappa shape index (κ3) is 4.86. The summed E-state index contributed by atoms with van der Waals surface area (Å²) in [6.45, 7) is -0.00468. The van der Waals surface area contributed by atoms with E-state index in [2.05, 4.69) is 0 Å². The smallest absolute Gasteiger partial charge is 0.168 e. The summed E-state index contributed by atoms with van der Waals surface area (Å²) in [7, 11) is 1.45. The normalized spacial score (nSPS) is 10.8. The van der Waals surface area contributed by atoms with Crippen LogP contribution in [0.1, 0.15) is 11.1 Å². The Hall–Kier alpha value is -3.77. The molecule has 0 fully saturated rings. The Bertz CT molecular complexity index is 1250. The Morgan fingerprint density at radius 3 is 1.73 bits per heavy atom. The van der Waals surface area contributed by atoms with E-state index < -0.39 is 17.5 Å². The summed E-state index contributed by atoms with van der Waals surface area (Å²) in [5.41, 5.74) is 2.75. The van der Waals surface area contributed by atoms with E-state index >= 15 is 0 Å². The van der Waals surface area contributed by atoms with Gasteiger partial charge in [0.25, 0.3) is 0 Å². The van der Waals surface area contributed by atoms with E-state index in [1.807, 2.05) is 0 Å². The fraction of sp³-hybridized carbons (Fsp3) is 0.111. The van der Waals surface area contributed by atoms with Crippen molar-refractivity contribution in [2.24, 2.45) is 0 Å². The number of benzene rings is 4. The van der Waals surface area contributed by atoms with Crippen molar-refractivity contribution in [1.29, 1.82) is 0 Å². The zero-order chi connectivity index (χ0) is 23.4. The van der Waals surface area contributed by atoms with Crippen molar-refractivity contribution in [2.75, 3.05) is 7.11 Å². The van der Waals surface area contributed by atoms with E-state index in [4.69, 9.17) is 14.6 Å². The maximum absolute atomic E-state index is 14.9. The van der Waals surface area contributed by atoms with Gasteiger partial charge in [0, 0.05) is 17.2 Å². The Morgan fingerprint density at radius 2 is 1.24 bits per heavy atom. The van der Waals surface area contributed by atoms with Gasteiger partial charge in [-0.2, -0.15) is 0 Å². The lowest BCUT2D eigenvalue weighted by atomic mass is 9.97. The van der Waals surface area contributed by atoms with Crippen molar-refractivity contribution >= 4 is 0 Å². The topological polar surface area (TPSA) is 38.7 Å². The third-order valence-electron chi connectivity index (χ3n) is 5.33. The van der Waals surface area contributed by atoms with Crippen LogP contribution >= 0.6 is 0 Å². The number of methoxy groups -OCH3 is 1. The zero-order valence-electron chi connectivity index (χ0n) is 17.8. The van der Waals surface area contributed by atoms with Gasteiger partial charge in [-0.1, -0.05) is 60.7 Å². The maximum Gasteiger partial charge on any atom is 0.168 e. The fourth-order valence-electron chi connectivity index (χ4n) is 3.45. The molecule has 0 atom stereocenters. The lowest BCUT2D eigenvalue weighted by Crippen LogP contribution is -1.98. The number of halogens is 3. The molecule has 0 aliphatic rings. The Labute approximate surface area is 189 Å². The van der Waals surface area contributed by atoms with E-state index in [0.29, 0.717) is 22.4 Å². The van der Waals surface area contributed by atoms with E-state index in [1.54, 1.807) is 54.6 Å². The molecule has 0 aliphatic heterocycles. The molecule has 6 heteroatoms. The number of hydrogen-bond acceptors (Lipinski definition) is 3. The van der Waals surface area contributed by atoms with Crippen LogP contribution in [0.5, 0.6) is 11.5 Å². The molecule has 0 bridgehead atoms. The first-order chi connectivity index (χ1) is 16.0. The van der Waals surface area contributed by atoms with Crippen LogP contribution in [0.2, 0.25) is 0 Å². The molecule has 4 rings (SSSR count). The minimum absolute atomic E-state index is 0.0932. The number of aliphatic hydroxyl groups is 1. The second-order valence-corrected chi connectivity index (χ2v) is 7.43. The summed E-state index contributed by atoms with van der Waals surface area (Å²) in [5.74, 6) is -1.92. The van der Waals surface area contributed by atoms with E-state index in [0.717, 1.165) is 5.56 Å².